The first-order valence-corrected chi connectivity index (χ1v) is 9.45. The number of benzene rings is 2. The number of nitrogens with one attached hydrogen (secondary N) is 1. The lowest BCUT2D eigenvalue weighted by Crippen LogP contribution is -2.12. The van der Waals surface area contributed by atoms with E-state index in [-0.39, 0.29) is 5.91 Å². The molecule has 0 aliphatic carbocycles. The van der Waals surface area contributed by atoms with E-state index in [1.54, 1.807) is 55.5 Å². The van der Waals surface area contributed by atoms with Crippen molar-refractivity contribution in [3.8, 4) is 5.75 Å². The van der Waals surface area contributed by atoms with E-state index in [1.807, 2.05) is 0 Å². The van der Waals surface area contributed by atoms with Crippen LogP contribution >= 0.6 is 0 Å². The largest absolute Gasteiger partial charge is 0.494 e. The first-order valence-electron chi connectivity index (χ1n) is 9.45. The summed E-state index contributed by atoms with van der Waals surface area (Å²) in [6, 6.07) is 13.7. The van der Waals surface area contributed by atoms with Crippen LogP contribution in [0.5, 0.6) is 5.75 Å². The normalized spacial score (nSPS) is 10.3. The highest BCUT2D eigenvalue weighted by Crippen LogP contribution is 2.16. The van der Waals surface area contributed by atoms with E-state index in [2.05, 4.69) is 12.2 Å². The topological polar surface area (TPSA) is 64.6 Å². The number of unbranched alkanes of at least 4 members (excludes halogenated alkanes) is 3. The van der Waals surface area contributed by atoms with Gasteiger partial charge in [0.15, 0.2) is 0 Å². The zero-order chi connectivity index (χ0) is 19.5. The van der Waals surface area contributed by atoms with Crippen LogP contribution in [0.1, 0.15) is 60.2 Å². The molecule has 5 heteroatoms. The molecular weight excluding hydrogens is 342 g/mol. The van der Waals surface area contributed by atoms with Gasteiger partial charge < -0.3 is 14.8 Å². The van der Waals surface area contributed by atoms with Gasteiger partial charge in [0.05, 0.1) is 18.8 Å². The van der Waals surface area contributed by atoms with Crippen molar-refractivity contribution < 1.29 is 19.1 Å². The number of esters is 1. The van der Waals surface area contributed by atoms with Gasteiger partial charge in [-0.3, -0.25) is 4.79 Å². The maximum Gasteiger partial charge on any atom is 0.338 e. The average molecular weight is 369 g/mol. The minimum absolute atomic E-state index is 0.245. The third-order valence-electron chi connectivity index (χ3n) is 4.01. The molecule has 27 heavy (non-hydrogen) atoms. The Morgan fingerprint density at radius 1 is 0.926 bits per heavy atom. The van der Waals surface area contributed by atoms with Crippen LogP contribution in [0.25, 0.3) is 0 Å². The standard InChI is InChI=1S/C22H27NO4/c1-3-5-6-7-15-27-20-13-11-17(12-14-20)21(24)23-19-10-8-9-18(16-19)22(25)26-4-2/h8-14,16H,3-7,15H2,1-2H3,(H,23,24). The molecule has 1 N–H and O–H groups in total. The first kappa shape index (κ1) is 20.5. The van der Waals surface area contributed by atoms with Crippen molar-refractivity contribution in [1.29, 1.82) is 0 Å². The van der Waals surface area contributed by atoms with Crippen LogP contribution in [-0.2, 0) is 4.74 Å². The van der Waals surface area contributed by atoms with Crippen LogP contribution in [0.3, 0.4) is 0 Å². The Morgan fingerprint density at radius 3 is 2.41 bits per heavy atom. The molecule has 0 saturated carbocycles. The molecule has 0 unspecified atom stereocenters. The third-order valence-corrected chi connectivity index (χ3v) is 4.01. The lowest BCUT2D eigenvalue weighted by atomic mass is 10.1. The zero-order valence-corrected chi connectivity index (χ0v) is 16.0. The SMILES string of the molecule is CCCCCCOc1ccc(C(=O)Nc2cccc(C(=O)OCC)c2)cc1. The van der Waals surface area contributed by atoms with Gasteiger partial charge in [0.2, 0.25) is 0 Å². The van der Waals surface area contributed by atoms with Gasteiger partial charge in [-0.05, 0) is 55.8 Å². The van der Waals surface area contributed by atoms with E-state index in [0.717, 1.165) is 12.2 Å². The monoisotopic (exact) mass is 369 g/mol. The van der Waals surface area contributed by atoms with E-state index in [4.69, 9.17) is 9.47 Å². The second kappa shape index (κ2) is 11.0. The number of hydrogen-bond donors (Lipinski definition) is 1. The number of carbonyl (C=O) groups is 2. The van der Waals surface area contributed by atoms with Crippen molar-refractivity contribution >= 4 is 17.6 Å². The van der Waals surface area contributed by atoms with E-state index >= 15 is 0 Å². The molecule has 2 aromatic carbocycles. The van der Waals surface area contributed by atoms with Crippen LogP contribution in [0.4, 0.5) is 5.69 Å². The molecule has 1 amide bonds. The molecule has 0 aromatic heterocycles. The molecule has 0 heterocycles. The molecule has 144 valence electrons. The second-order valence-electron chi connectivity index (χ2n) is 6.19. The van der Waals surface area contributed by atoms with Crippen molar-refractivity contribution in [1.82, 2.24) is 0 Å². The van der Waals surface area contributed by atoms with Crippen LogP contribution < -0.4 is 10.1 Å². The van der Waals surface area contributed by atoms with Gasteiger partial charge >= 0.3 is 5.97 Å². The Balaban J connectivity index is 1.90. The van der Waals surface area contributed by atoms with Gasteiger partial charge in [0, 0.05) is 11.3 Å². The summed E-state index contributed by atoms with van der Waals surface area (Å²) in [7, 11) is 0. The summed E-state index contributed by atoms with van der Waals surface area (Å²) in [5.41, 5.74) is 1.47. The Labute approximate surface area is 160 Å². The Morgan fingerprint density at radius 2 is 1.70 bits per heavy atom. The molecule has 0 fully saturated rings. The molecule has 2 aromatic rings. The summed E-state index contributed by atoms with van der Waals surface area (Å²) < 4.78 is 10.7. The van der Waals surface area contributed by atoms with E-state index in [1.165, 1.54) is 19.3 Å². The highest BCUT2D eigenvalue weighted by Gasteiger charge is 2.10. The molecular formula is C22H27NO4. The van der Waals surface area contributed by atoms with Gasteiger partial charge in [-0.25, -0.2) is 4.79 Å². The molecule has 0 spiro atoms. The predicted octanol–water partition coefficient (Wildman–Crippen LogP) is 5.07. The van der Waals surface area contributed by atoms with Crippen molar-refractivity contribution in [2.45, 2.75) is 39.5 Å². The number of rotatable bonds is 10. The summed E-state index contributed by atoms with van der Waals surface area (Å²) in [6.45, 7) is 4.93. The molecule has 5 nitrogen and oxygen atoms in total. The van der Waals surface area contributed by atoms with Crippen LogP contribution in [0, 0.1) is 0 Å². The van der Waals surface area contributed by atoms with Gasteiger partial charge in [-0.15, -0.1) is 0 Å². The van der Waals surface area contributed by atoms with Crippen LogP contribution in [0.15, 0.2) is 48.5 Å². The third kappa shape index (κ3) is 6.77. The summed E-state index contributed by atoms with van der Waals surface area (Å²) in [4.78, 5) is 24.2. The van der Waals surface area contributed by atoms with E-state index in [0.29, 0.717) is 30.0 Å². The van der Waals surface area contributed by atoms with Crippen molar-refractivity contribution in [3.05, 3.63) is 59.7 Å². The van der Waals surface area contributed by atoms with Crippen molar-refractivity contribution in [2.24, 2.45) is 0 Å². The minimum atomic E-state index is -0.408. The number of hydrogen-bond acceptors (Lipinski definition) is 4. The van der Waals surface area contributed by atoms with Crippen LogP contribution in [-0.4, -0.2) is 25.1 Å². The second-order valence-corrected chi connectivity index (χ2v) is 6.19. The summed E-state index contributed by atoms with van der Waals surface area (Å²) >= 11 is 0. The summed E-state index contributed by atoms with van der Waals surface area (Å²) in [6.07, 6.45) is 4.63. The van der Waals surface area contributed by atoms with Crippen molar-refractivity contribution in [2.75, 3.05) is 18.5 Å². The van der Waals surface area contributed by atoms with Crippen LogP contribution in [0.2, 0.25) is 0 Å². The molecule has 0 atom stereocenters. The highest BCUT2D eigenvalue weighted by atomic mass is 16.5. The fourth-order valence-corrected chi connectivity index (χ4v) is 2.56. The Kier molecular flexibility index (Phi) is 8.36. The number of carbonyl (C=O) groups excluding carboxylic acids is 2. The Hall–Kier alpha value is -2.82. The Bertz CT molecular complexity index is 740. The quantitative estimate of drug-likeness (QED) is 0.469. The maximum atomic E-state index is 12.4. The first-order chi connectivity index (χ1) is 13.1. The molecule has 0 radical (unpaired) electrons. The molecule has 2 rings (SSSR count). The van der Waals surface area contributed by atoms with Crippen molar-refractivity contribution in [3.63, 3.8) is 0 Å². The fraction of sp³-hybridized carbons (Fsp3) is 0.364. The zero-order valence-electron chi connectivity index (χ0n) is 16.0. The number of ether oxygens (including phenoxy) is 2. The lowest BCUT2D eigenvalue weighted by Gasteiger charge is -2.09. The summed E-state index contributed by atoms with van der Waals surface area (Å²) in [5.74, 6) is 0.104. The number of amides is 1. The summed E-state index contributed by atoms with van der Waals surface area (Å²) in [5, 5.41) is 2.79. The van der Waals surface area contributed by atoms with E-state index < -0.39 is 5.97 Å². The van der Waals surface area contributed by atoms with E-state index in [9.17, 15) is 9.59 Å². The van der Waals surface area contributed by atoms with Gasteiger partial charge in [-0.2, -0.15) is 0 Å². The maximum absolute atomic E-state index is 12.4. The van der Waals surface area contributed by atoms with Gasteiger partial charge in [-0.1, -0.05) is 32.3 Å². The average Bonchev–Trinajstić information content (AvgIpc) is 2.68. The molecule has 0 bridgehead atoms. The fourth-order valence-electron chi connectivity index (χ4n) is 2.56. The molecule has 0 aliphatic rings. The highest BCUT2D eigenvalue weighted by molar-refractivity contribution is 6.04. The van der Waals surface area contributed by atoms with Gasteiger partial charge in [0.1, 0.15) is 5.75 Å². The molecule has 0 saturated heterocycles. The number of anilines is 1. The van der Waals surface area contributed by atoms with Gasteiger partial charge in [0.25, 0.3) is 5.91 Å². The minimum Gasteiger partial charge on any atom is -0.494 e. The predicted molar refractivity (Wildman–Crippen MR) is 106 cm³/mol. The lowest BCUT2D eigenvalue weighted by molar-refractivity contribution is 0.0526. The smallest absolute Gasteiger partial charge is 0.338 e. The molecule has 0 aliphatic heterocycles.